The molecule has 0 spiro atoms. The molecule has 2 aromatic carbocycles. The Bertz CT molecular complexity index is 886. The fourth-order valence-corrected chi connectivity index (χ4v) is 3.36. The van der Waals surface area contributed by atoms with E-state index >= 15 is 0 Å². The summed E-state index contributed by atoms with van der Waals surface area (Å²) >= 11 is 0. The Morgan fingerprint density at radius 2 is 1.54 bits per heavy atom. The number of phenolic OH excluding ortho intramolecular Hbond substituents is 1. The summed E-state index contributed by atoms with van der Waals surface area (Å²) in [6.07, 6.45) is 0. The zero-order chi connectivity index (χ0) is 20.3. The predicted octanol–water partition coefficient (Wildman–Crippen LogP) is 2.68. The lowest BCUT2D eigenvalue weighted by molar-refractivity contribution is -0.134. The Kier molecular flexibility index (Phi) is 5.87. The van der Waals surface area contributed by atoms with Gasteiger partial charge in [0.1, 0.15) is 11.5 Å². The third-order valence-electron chi connectivity index (χ3n) is 5.27. The van der Waals surface area contributed by atoms with Gasteiger partial charge in [-0.05, 0) is 49.6 Å². The zero-order valence-corrected chi connectivity index (χ0v) is 16.6. The first kappa shape index (κ1) is 19.7. The van der Waals surface area contributed by atoms with E-state index < -0.39 is 0 Å². The number of carbonyl (C=O) groups excluding carboxylic acids is 2. The molecule has 1 heterocycles. The highest BCUT2D eigenvalue weighted by Crippen LogP contribution is 2.25. The minimum absolute atomic E-state index is 0.0153. The number of aromatic hydroxyl groups is 1. The summed E-state index contributed by atoms with van der Waals surface area (Å²) < 4.78 is 5.82. The van der Waals surface area contributed by atoms with Gasteiger partial charge in [0.05, 0.1) is 5.56 Å². The Hall–Kier alpha value is -3.02. The highest BCUT2D eigenvalue weighted by atomic mass is 16.5. The maximum Gasteiger partial charge on any atom is 0.260 e. The fraction of sp³-hybridized carbons (Fsp3) is 0.364. The number of amides is 2. The van der Waals surface area contributed by atoms with Gasteiger partial charge in [0.15, 0.2) is 6.61 Å². The number of para-hydroxylation sites is 1. The van der Waals surface area contributed by atoms with Crippen molar-refractivity contribution in [3.05, 3.63) is 58.7 Å². The van der Waals surface area contributed by atoms with Crippen molar-refractivity contribution >= 4 is 11.8 Å². The summed E-state index contributed by atoms with van der Waals surface area (Å²) in [5, 5.41) is 9.87. The third kappa shape index (κ3) is 4.11. The van der Waals surface area contributed by atoms with E-state index in [2.05, 4.69) is 0 Å². The molecule has 0 unspecified atom stereocenters. The summed E-state index contributed by atoms with van der Waals surface area (Å²) in [6.45, 7) is 7.73. The largest absolute Gasteiger partial charge is 0.507 e. The maximum atomic E-state index is 12.6. The van der Waals surface area contributed by atoms with E-state index in [0.29, 0.717) is 26.2 Å². The molecule has 0 atom stereocenters. The van der Waals surface area contributed by atoms with Crippen LogP contribution >= 0.6 is 0 Å². The smallest absolute Gasteiger partial charge is 0.260 e. The van der Waals surface area contributed by atoms with Crippen molar-refractivity contribution in [2.24, 2.45) is 0 Å². The van der Waals surface area contributed by atoms with Gasteiger partial charge in [-0.1, -0.05) is 24.3 Å². The number of aryl methyl sites for hydroxylation is 2. The standard InChI is InChI=1S/C22H26N2O4/c1-15-8-9-16(2)21(17(15)3)28-14-20(26)23-10-12-24(13-11-23)22(27)18-6-4-5-7-19(18)25/h4-9,25H,10-14H2,1-3H3. The van der Waals surface area contributed by atoms with Gasteiger partial charge in [-0.25, -0.2) is 0 Å². The first-order chi connectivity index (χ1) is 13.4. The lowest BCUT2D eigenvalue weighted by Gasteiger charge is -2.34. The first-order valence-electron chi connectivity index (χ1n) is 9.43. The number of benzene rings is 2. The summed E-state index contributed by atoms with van der Waals surface area (Å²) in [6, 6.07) is 10.5. The van der Waals surface area contributed by atoms with Crippen LogP contribution in [0.4, 0.5) is 0 Å². The third-order valence-corrected chi connectivity index (χ3v) is 5.27. The summed E-state index contributed by atoms with van der Waals surface area (Å²) in [7, 11) is 0. The van der Waals surface area contributed by atoms with E-state index in [9.17, 15) is 14.7 Å². The summed E-state index contributed by atoms with van der Waals surface area (Å²) in [4.78, 5) is 28.5. The summed E-state index contributed by atoms with van der Waals surface area (Å²) in [5.74, 6) is 0.437. The first-order valence-corrected chi connectivity index (χ1v) is 9.43. The molecule has 1 aliphatic heterocycles. The highest BCUT2D eigenvalue weighted by Gasteiger charge is 2.26. The molecule has 3 rings (SSSR count). The Balaban J connectivity index is 1.55. The quantitative estimate of drug-likeness (QED) is 0.883. The molecule has 1 fully saturated rings. The van der Waals surface area contributed by atoms with Gasteiger partial charge in [-0.3, -0.25) is 9.59 Å². The molecule has 0 aliphatic carbocycles. The average Bonchev–Trinajstić information content (AvgIpc) is 2.70. The molecule has 0 bridgehead atoms. The van der Waals surface area contributed by atoms with E-state index in [1.165, 1.54) is 6.07 Å². The molecule has 148 valence electrons. The lowest BCUT2D eigenvalue weighted by Crippen LogP contribution is -2.51. The van der Waals surface area contributed by atoms with Crippen LogP contribution in [0.15, 0.2) is 36.4 Å². The molecule has 2 aromatic rings. The normalized spacial score (nSPS) is 14.1. The van der Waals surface area contributed by atoms with Crippen LogP contribution in [-0.2, 0) is 4.79 Å². The number of hydrogen-bond acceptors (Lipinski definition) is 4. The molecule has 0 saturated carbocycles. The number of phenols is 1. The molecule has 0 radical (unpaired) electrons. The van der Waals surface area contributed by atoms with Crippen molar-refractivity contribution in [3.8, 4) is 11.5 Å². The number of ether oxygens (including phenoxy) is 1. The second-order valence-corrected chi connectivity index (χ2v) is 7.13. The van der Waals surface area contributed by atoms with Crippen LogP contribution in [0, 0.1) is 20.8 Å². The lowest BCUT2D eigenvalue weighted by atomic mass is 10.1. The number of rotatable bonds is 4. The van der Waals surface area contributed by atoms with E-state index in [0.717, 1.165) is 22.4 Å². The van der Waals surface area contributed by atoms with Crippen LogP contribution in [0.5, 0.6) is 11.5 Å². The SMILES string of the molecule is Cc1ccc(C)c(OCC(=O)N2CCN(C(=O)c3ccccc3O)CC2)c1C. The second kappa shape index (κ2) is 8.33. The van der Waals surface area contributed by atoms with Crippen molar-refractivity contribution in [1.29, 1.82) is 0 Å². The van der Waals surface area contributed by atoms with Crippen molar-refractivity contribution < 1.29 is 19.4 Å². The monoisotopic (exact) mass is 382 g/mol. The van der Waals surface area contributed by atoms with Crippen LogP contribution in [-0.4, -0.2) is 59.5 Å². The second-order valence-electron chi connectivity index (χ2n) is 7.13. The van der Waals surface area contributed by atoms with Gasteiger partial charge < -0.3 is 19.6 Å². The molecule has 1 N–H and O–H groups in total. The zero-order valence-electron chi connectivity index (χ0n) is 16.6. The van der Waals surface area contributed by atoms with Gasteiger partial charge in [0.2, 0.25) is 0 Å². The van der Waals surface area contributed by atoms with Crippen LogP contribution in [0.25, 0.3) is 0 Å². The topological polar surface area (TPSA) is 70.1 Å². The fourth-order valence-electron chi connectivity index (χ4n) is 3.36. The molecule has 2 amide bonds. The van der Waals surface area contributed by atoms with Gasteiger partial charge in [0.25, 0.3) is 11.8 Å². The van der Waals surface area contributed by atoms with E-state index in [1.807, 2.05) is 32.9 Å². The molecule has 1 aliphatic rings. The molecule has 6 nitrogen and oxygen atoms in total. The molecular weight excluding hydrogens is 356 g/mol. The van der Waals surface area contributed by atoms with E-state index in [4.69, 9.17) is 4.74 Å². The van der Waals surface area contributed by atoms with Gasteiger partial charge in [-0.2, -0.15) is 0 Å². The van der Waals surface area contributed by atoms with Gasteiger partial charge in [-0.15, -0.1) is 0 Å². The Morgan fingerprint density at radius 1 is 0.929 bits per heavy atom. The Labute approximate surface area is 165 Å². The average molecular weight is 382 g/mol. The van der Waals surface area contributed by atoms with E-state index in [-0.39, 0.29) is 29.7 Å². The van der Waals surface area contributed by atoms with Crippen molar-refractivity contribution in [3.63, 3.8) is 0 Å². The van der Waals surface area contributed by atoms with E-state index in [1.54, 1.807) is 28.0 Å². The van der Waals surface area contributed by atoms with Crippen molar-refractivity contribution in [1.82, 2.24) is 9.80 Å². The van der Waals surface area contributed by atoms with Crippen LogP contribution in [0.2, 0.25) is 0 Å². The predicted molar refractivity (Wildman–Crippen MR) is 107 cm³/mol. The maximum absolute atomic E-state index is 12.6. The van der Waals surface area contributed by atoms with Crippen LogP contribution in [0.3, 0.4) is 0 Å². The molecule has 28 heavy (non-hydrogen) atoms. The number of hydrogen-bond donors (Lipinski definition) is 1. The minimum atomic E-state index is -0.215. The van der Waals surface area contributed by atoms with Gasteiger partial charge in [0, 0.05) is 26.2 Å². The van der Waals surface area contributed by atoms with Crippen molar-refractivity contribution in [2.75, 3.05) is 32.8 Å². The number of carbonyl (C=O) groups is 2. The van der Waals surface area contributed by atoms with Gasteiger partial charge >= 0.3 is 0 Å². The number of piperazine rings is 1. The van der Waals surface area contributed by atoms with Crippen LogP contribution < -0.4 is 4.74 Å². The number of nitrogens with zero attached hydrogens (tertiary/aromatic N) is 2. The summed E-state index contributed by atoms with van der Waals surface area (Å²) in [5.41, 5.74) is 3.47. The van der Waals surface area contributed by atoms with Crippen LogP contribution in [0.1, 0.15) is 27.0 Å². The minimum Gasteiger partial charge on any atom is -0.507 e. The molecule has 0 aromatic heterocycles. The molecule has 6 heteroatoms. The molecular formula is C22H26N2O4. The highest BCUT2D eigenvalue weighted by molar-refractivity contribution is 5.97. The molecule has 1 saturated heterocycles. The van der Waals surface area contributed by atoms with Crippen molar-refractivity contribution in [2.45, 2.75) is 20.8 Å². The Morgan fingerprint density at radius 3 is 2.21 bits per heavy atom.